The number of carboxylic acids is 1. The molecule has 0 aromatic carbocycles. The number of aldehydes is 1. The number of carbonyl (C=O) groups excluding carboxylic acids is 1. The lowest BCUT2D eigenvalue weighted by atomic mass is 10.3. The van der Waals surface area contributed by atoms with Crippen LogP contribution in [0.2, 0.25) is 5.28 Å². The van der Waals surface area contributed by atoms with E-state index in [0.717, 1.165) is 0 Å². The molecule has 0 bridgehead atoms. The van der Waals surface area contributed by atoms with Crippen molar-refractivity contribution in [1.29, 1.82) is 0 Å². The molecule has 1 heterocycles. The van der Waals surface area contributed by atoms with Gasteiger partial charge in [-0.15, -0.1) is 0 Å². The number of hydrogen-bond acceptors (Lipinski definition) is 3. The number of carboxylic acid groups (broad SMARTS) is 1. The first-order valence-corrected chi connectivity index (χ1v) is 3.94. The average Bonchev–Trinajstić information content (AvgIpc) is 2.41. The third-order valence-corrected chi connectivity index (χ3v) is 1.87. The minimum atomic E-state index is -1.21. The Kier molecular flexibility index (Phi) is 2.67. The summed E-state index contributed by atoms with van der Waals surface area (Å²) in [5.41, 5.74) is -0.304. The molecule has 0 saturated heterocycles. The Morgan fingerprint density at radius 1 is 1.77 bits per heavy atom. The van der Waals surface area contributed by atoms with Crippen LogP contribution in [0.5, 0.6) is 0 Å². The number of hydrogen-bond donors (Lipinski definition) is 1. The van der Waals surface area contributed by atoms with Gasteiger partial charge in [-0.3, -0.25) is 4.79 Å². The summed E-state index contributed by atoms with van der Waals surface area (Å²) < 4.78 is 1.26. The molecule has 1 aromatic rings. The SMILES string of the molecule is CCn1c(Cl)nc(C=O)c1C(=O)O. The van der Waals surface area contributed by atoms with Gasteiger partial charge < -0.3 is 9.67 Å². The predicted octanol–water partition coefficient (Wildman–Crippen LogP) is 1.07. The molecule has 0 fully saturated rings. The molecule has 0 aliphatic heterocycles. The van der Waals surface area contributed by atoms with Gasteiger partial charge in [-0.25, -0.2) is 9.78 Å². The maximum absolute atomic E-state index is 10.7. The molecular formula is C7H7ClN2O3. The van der Waals surface area contributed by atoms with Crippen molar-refractivity contribution in [2.45, 2.75) is 13.5 Å². The molecule has 1 rings (SSSR count). The first-order chi connectivity index (χ1) is 6.11. The molecule has 0 unspecified atom stereocenters. The topological polar surface area (TPSA) is 72.2 Å². The highest BCUT2D eigenvalue weighted by Gasteiger charge is 2.19. The highest BCUT2D eigenvalue weighted by molar-refractivity contribution is 6.29. The molecule has 0 saturated carbocycles. The molecule has 0 spiro atoms. The quantitative estimate of drug-likeness (QED) is 0.745. The minimum Gasteiger partial charge on any atom is -0.477 e. The van der Waals surface area contributed by atoms with Crippen molar-refractivity contribution in [3.8, 4) is 0 Å². The molecule has 0 aliphatic rings. The van der Waals surface area contributed by atoms with Gasteiger partial charge in [-0.1, -0.05) is 0 Å². The molecule has 0 aliphatic carbocycles. The highest BCUT2D eigenvalue weighted by Crippen LogP contribution is 2.14. The van der Waals surface area contributed by atoms with Crippen LogP contribution in [-0.2, 0) is 6.54 Å². The van der Waals surface area contributed by atoms with Crippen LogP contribution >= 0.6 is 11.6 Å². The van der Waals surface area contributed by atoms with Crippen LogP contribution in [0, 0.1) is 0 Å². The van der Waals surface area contributed by atoms with E-state index in [1.807, 2.05) is 0 Å². The van der Waals surface area contributed by atoms with E-state index in [-0.39, 0.29) is 16.7 Å². The van der Waals surface area contributed by atoms with Crippen molar-refractivity contribution in [2.75, 3.05) is 0 Å². The summed E-state index contributed by atoms with van der Waals surface area (Å²) in [6.45, 7) is 2.08. The fraction of sp³-hybridized carbons (Fsp3) is 0.286. The largest absolute Gasteiger partial charge is 0.477 e. The first-order valence-electron chi connectivity index (χ1n) is 3.56. The minimum absolute atomic E-state index is 0.0157. The van der Waals surface area contributed by atoms with Crippen molar-refractivity contribution >= 4 is 23.9 Å². The van der Waals surface area contributed by atoms with E-state index in [2.05, 4.69) is 4.98 Å². The molecule has 5 nitrogen and oxygen atoms in total. The third kappa shape index (κ3) is 1.55. The van der Waals surface area contributed by atoms with E-state index in [1.54, 1.807) is 6.92 Å². The zero-order chi connectivity index (χ0) is 10.0. The number of aromatic nitrogens is 2. The van der Waals surface area contributed by atoms with E-state index in [9.17, 15) is 9.59 Å². The van der Waals surface area contributed by atoms with Gasteiger partial charge in [0.25, 0.3) is 0 Å². The van der Waals surface area contributed by atoms with E-state index in [4.69, 9.17) is 16.7 Å². The van der Waals surface area contributed by atoms with Crippen molar-refractivity contribution < 1.29 is 14.7 Å². The van der Waals surface area contributed by atoms with Crippen LogP contribution in [0.1, 0.15) is 27.9 Å². The number of rotatable bonds is 3. The lowest BCUT2D eigenvalue weighted by Gasteiger charge is -2.00. The van der Waals surface area contributed by atoms with Crippen molar-refractivity contribution in [1.82, 2.24) is 9.55 Å². The van der Waals surface area contributed by atoms with Crippen LogP contribution in [0.25, 0.3) is 0 Å². The zero-order valence-corrected chi connectivity index (χ0v) is 7.58. The van der Waals surface area contributed by atoms with Gasteiger partial charge in [0.1, 0.15) is 5.69 Å². The Bertz CT molecular complexity index is 359. The second kappa shape index (κ2) is 3.57. The predicted molar refractivity (Wildman–Crippen MR) is 45.3 cm³/mol. The lowest BCUT2D eigenvalue weighted by Crippen LogP contribution is -2.09. The fourth-order valence-electron chi connectivity index (χ4n) is 1.04. The van der Waals surface area contributed by atoms with E-state index < -0.39 is 5.97 Å². The van der Waals surface area contributed by atoms with Gasteiger partial charge >= 0.3 is 5.97 Å². The second-order valence-electron chi connectivity index (χ2n) is 2.28. The van der Waals surface area contributed by atoms with Crippen LogP contribution in [-0.4, -0.2) is 26.9 Å². The van der Waals surface area contributed by atoms with Gasteiger partial charge in [-0.2, -0.15) is 0 Å². The smallest absolute Gasteiger partial charge is 0.354 e. The first kappa shape index (κ1) is 9.73. The summed E-state index contributed by atoms with van der Waals surface area (Å²) in [5.74, 6) is -1.21. The van der Waals surface area contributed by atoms with Crippen molar-refractivity contribution in [3.05, 3.63) is 16.7 Å². The normalized spacial score (nSPS) is 10.0. The molecule has 6 heteroatoms. The summed E-state index contributed by atoms with van der Waals surface area (Å²) in [5, 5.41) is 8.76. The summed E-state index contributed by atoms with van der Waals surface area (Å²) in [7, 11) is 0. The number of nitrogens with zero attached hydrogens (tertiary/aromatic N) is 2. The monoisotopic (exact) mass is 202 g/mol. The van der Waals surface area contributed by atoms with Gasteiger partial charge in [0.2, 0.25) is 5.28 Å². The molecule has 0 radical (unpaired) electrons. The van der Waals surface area contributed by atoms with Gasteiger partial charge in [-0.05, 0) is 18.5 Å². The Morgan fingerprint density at radius 3 is 2.77 bits per heavy atom. The summed E-state index contributed by atoms with van der Waals surface area (Å²) in [6, 6.07) is 0. The zero-order valence-electron chi connectivity index (χ0n) is 6.82. The Labute approximate surface area is 79.0 Å². The standard InChI is InChI=1S/C7H7ClN2O3/c1-2-10-5(6(12)13)4(3-11)9-7(10)8/h3H,2H2,1H3,(H,12,13). The molecular weight excluding hydrogens is 196 g/mol. The van der Waals surface area contributed by atoms with Crippen LogP contribution in [0.15, 0.2) is 0 Å². The molecule has 1 aromatic heterocycles. The fourth-order valence-corrected chi connectivity index (χ4v) is 1.33. The number of aromatic carboxylic acids is 1. The second-order valence-corrected chi connectivity index (χ2v) is 2.62. The average molecular weight is 203 g/mol. The molecule has 13 heavy (non-hydrogen) atoms. The molecule has 70 valence electrons. The molecule has 1 N–H and O–H groups in total. The number of carbonyl (C=O) groups is 2. The van der Waals surface area contributed by atoms with Gasteiger partial charge in [0, 0.05) is 6.54 Å². The Morgan fingerprint density at radius 2 is 2.38 bits per heavy atom. The number of imidazole rings is 1. The third-order valence-electron chi connectivity index (χ3n) is 1.58. The van der Waals surface area contributed by atoms with Crippen LogP contribution < -0.4 is 0 Å². The van der Waals surface area contributed by atoms with E-state index in [0.29, 0.717) is 12.8 Å². The van der Waals surface area contributed by atoms with Gasteiger partial charge in [0.05, 0.1) is 0 Å². The van der Waals surface area contributed by atoms with Crippen LogP contribution in [0.3, 0.4) is 0 Å². The highest BCUT2D eigenvalue weighted by atomic mass is 35.5. The van der Waals surface area contributed by atoms with Crippen molar-refractivity contribution in [2.24, 2.45) is 0 Å². The maximum atomic E-state index is 10.7. The molecule has 0 atom stereocenters. The van der Waals surface area contributed by atoms with E-state index >= 15 is 0 Å². The van der Waals surface area contributed by atoms with Crippen molar-refractivity contribution in [3.63, 3.8) is 0 Å². The summed E-state index contributed by atoms with van der Waals surface area (Å²) in [6.07, 6.45) is 0.376. The maximum Gasteiger partial charge on any atom is 0.354 e. The lowest BCUT2D eigenvalue weighted by molar-refractivity contribution is 0.0682. The molecule has 0 amide bonds. The van der Waals surface area contributed by atoms with Crippen LogP contribution in [0.4, 0.5) is 0 Å². The van der Waals surface area contributed by atoms with E-state index in [1.165, 1.54) is 4.57 Å². The Balaban J connectivity index is 3.40. The van der Waals surface area contributed by atoms with Gasteiger partial charge in [0.15, 0.2) is 12.0 Å². The Hall–Kier alpha value is -1.36. The summed E-state index contributed by atoms with van der Waals surface area (Å²) in [4.78, 5) is 24.7. The summed E-state index contributed by atoms with van der Waals surface area (Å²) >= 11 is 5.60. The number of halogens is 1.